The molecule has 3 amide bonds. The summed E-state index contributed by atoms with van der Waals surface area (Å²) in [6.45, 7) is 1.43. The minimum Gasteiger partial charge on any atom is -0.478 e. The summed E-state index contributed by atoms with van der Waals surface area (Å²) in [7, 11) is 0. The molecule has 156 valence electrons. The van der Waals surface area contributed by atoms with Gasteiger partial charge in [0.25, 0.3) is 11.8 Å². The third kappa shape index (κ3) is 5.84. The molecule has 0 saturated heterocycles. The van der Waals surface area contributed by atoms with Crippen LogP contribution in [0.4, 0.5) is 9.52 Å². The number of thiazole rings is 1. The average molecular weight is 449 g/mol. The molecule has 2 heterocycles. The molecule has 30 heavy (non-hydrogen) atoms. The van der Waals surface area contributed by atoms with Crippen molar-refractivity contribution in [3.8, 4) is 5.75 Å². The van der Waals surface area contributed by atoms with Gasteiger partial charge in [0.15, 0.2) is 22.8 Å². The second-order valence-corrected chi connectivity index (χ2v) is 7.79. The average Bonchev–Trinajstić information content (AvgIpc) is 3.40. The number of nitrogens with zero attached hydrogens (tertiary/aromatic N) is 1. The number of hydrogen-bond donors (Lipinski definition) is 3. The highest BCUT2D eigenvalue weighted by molar-refractivity contribution is 7.14. The fraction of sp³-hybridized carbons (Fsp3) is 0.158. The number of hydrogen-bond acceptors (Lipinski definition) is 7. The van der Waals surface area contributed by atoms with Gasteiger partial charge in [-0.2, -0.15) is 0 Å². The Morgan fingerprint density at radius 1 is 1.13 bits per heavy atom. The maximum absolute atomic E-state index is 13.6. The van der Waals surface area contributed by atoms with E-state index in [0.29, 0.717) is 15.7 Å². The molecule has 3 aromatic rings. The molecule has 1 aromatic carbocycles. The first-order valence-corrected chi connectivity index (χ1v) is 10.5. The lowest BCUT2D eigenvalue weighted by atomic mass is 10.3. The number of hydrazine groups is 1. The molecule has 0 aliphatic heterocycles. The smallest absolute Gasteiger partial charge is 0.279 e. The van der Waals surface area contributed by atoms with Crippen LogP contribution in [0.25, 0.3) is 0 Å². The third-order valence-corrected chi connectivity index (χ3v) is 5.37. The minimum atomic E-state index is -1.03. The monoisotopic (exact) mass is 448 g/mol. The van der Waals surface area contributed by atoms with Crippen molar-refractivity contribution in [2.45, 2.75) is 19.4 Å². The number of anilines is 1. The van der Waals surface area contributed by atoms with Crippen LogP contribution in [0.2, 0.25) is 0 Å². The number of para-hydroxylation sites is 1. The number of carbonyl (C=O) groups excluding carboxylic acids is 3. The summed E-state index contributed by atoms with van der Waals surface area (Å²) < 4.78 is 18.8. The van der Waals surface area contributed by atoms with Crippen molar-refractivity contribution in [1.29, 1.82) is 0 Å². The van der Waals surface area contributed by atoms with Gasteiger partial charge in [-0.15, -0.1) is 22.7 Å². The summed E-state index contributed by atoms with van der Waals surface area (Å²) in [4.78, 5) is 40.8. The maximum Gasteiger partial charge on any atom is 0.279 e. The second kappa shape index (κ2) is 9.94. The van der Waals surface area contributed by atoms with Gasteiger partial charge >= 0.3 is 0 Å². The quantitative estimate of drug-likeness (QED) is 0.482. The zero-order valence-electron chi connectivity index (χ0n) is 15.7. The summed E-state index contributed by atoms with van der Waals surface area (Å²) in [5.41, 5.74) is 4.91. The van der Waals surface area contributed by atoms with Gasteiger partial charge in [0.2, 0.25) is 5.91 Å². The second-order valence-electron chi connectivity index (χ2n) is 5.98. The van der Waals surface area contributed by atoms with Gasteiger partial charge in [-0.3, -0.25) is 30.6 Å². The maximum atomic E-state index is 13.6. The van der Waals surface area contributed by atoms with Gasteiger partial charge in [-0.1, -0.05) is 18.2 Å². The van der Waals surface area contributed by atoms with Crippen molar-refractivity contribution >= 4 is 45.5 Å². The first-order chi connectivity index (χ1) is 14.4. The first-order valence-electron chi connectivity index (χ1n) is 8.71. The van der Waals surface area contributed by atoms with Crippen molar-refractivity contribution < 1.29 is 23.5 Å². The van der Waals surface area contributed by atoms with Gasteiger partial charge in [0.1, 0.15) is 0 Å². The van der Waals surface area contributed by atoms with Crippen LogP contribution >= 0.6 is 22.7 Å². The van der Waals surface area contributed by atoms with Crippen molar-refractivity contribution in [3.05, 3.63) is 63.5 Å². The molecule has 11 heteroatoms. The predicted molar refractivity (Wildman–Crippen MR) is 111 cm³/mol. The molecule has 1 unspecified atom stereocenters. The summed E-state index contributed by atoms with van der Waals surface area (Å²) >= 11 is 2.50. The summed E-state index contributed by atoms with van der Waals surface area (Å²) in [5.74, 6) is -2.08. The van der Waals surface area contributed by atoms with Crippen LogP contribution in [-0.4, -0.2) is 28.8 Å². The number of amides is 3. The zero-order chi connectivity index (χ0) is 21.5. The molecule has 0 fully saturated rings. The van der Waals surface area contributed by atoms with Crippen LogP contribution in [0.3, 0.4) is 0 Å². The van der Waals surface area contributed by atoms with Crippen LogP contribution < -0.4 is 20.9 Å². The lowest BCUT2D eigenvalue weighted by molar-refractivity contribution is -0.132. The number of benzene rings is 1. The molecular formula is C19H17FN4O4S2. The molecule has 0 aliphatic rings. The number of thiophene rings is 1. The van der Waals surface area contributed by atoms with E-state index < -0.39 is 23.7 Å². The zero-order valence-corrected chi connectivity index (χ0v) is 17.3. The van der Waals surface area contributed by atoms with Crippen LogP contribution in [0.1, 0.15) is 22.3 Å². The Morgan fingerprint density at radius 2 is 1.93 bits per heavy atom. The fourth-order valence-corrected chi connectivity index (χ4v) is 3.56. The van der Waals surface area contributed by atoms with Gasteiger partial charge in [-0.05, 0) is 30.5 Å². The van der Waals surface area contributed by atoms with E-state index >= 15 is 0 Å². The molecule has 3 rings (SSSR count). The summed E-state index contributed by atoms with van der Waals surface area (Å²) in [6.07, 6.45) is -1.13. The number of aromatic nitrogens is 1. The molecule has 2 aromatic heterocycles. The number of rotatable bonds is 7. The summed E-state index contributed by atoms with van der Waals surface area (Å²) in [5, 5.41) is 6.46. The minimum absolute atomic E-state index is 0.0638. The molecular weight excluding hydrogens is 431 g/mol. The SMILES string of the molecule is CC(Oc1ccccc1F)C(=O)NNC(=O)Cc1csc(NC(=O)c2cccs2)n1. The number of halogens is 1. The lowest BCUT2D eigenvalue weighted by Crippen LogP contribution is -2.47. The molecule has 8 nitrogen and oxygen atoms in total. The molecule has 3 N–H and O–H groups in total. The Kier molecular flexibility index (Phi) is 7.09. The topological polar surface area (TPSA) is 109 Å². The van der Waals surface area contributed by atoms with E-state index in [2.05, 4.69) is 21.2 Å². The number of carbonyl (C=O) groups is 3. The predicted octanol–water partition coefficient (Wildman–Crippen LogP) is 2.75. The van der Waals surface area contributed by atoms with Gasteiger partial charge < -0.3 is 4.74 Å². The lowest BCUT2D eigenvalue weighted by Gasteiger charge is -2.15. The number of ether oxygens (including phenoxy) is 1. The standard InChI is InChI=1S/C19H17FN4O4S2/c1-11(28-14-6-3-2-5-13(14)20)17(26)24-23-16(25)9-12-10-30-19(21-12)22-18(27)15-7-4-8-29-15/h2-8,10-11H,9H2,1H3,(H,23,25)(H,24,26)(H,21,22,27). The highest BCUT2D eigenvalue weighted by Crippen LogP contribution is 2.19. The van der Waals surface area contributed by atoms with E-state index in [0.717, 1.165) is 0 Å². The van der Waals surface area contributed by atoms with E-state index in [-0.39, 0.29) is 18.1 Å². The van der Waals surface area contributed by atoms with E-state index in [4.69, 9.17) is 4.74 Å². The third-order valence-electron chi connectivity index (χ3n) is 3.69. The molecule has 0 bridgehead atoms. The fourth-order valence-electron chi connectivity index (χ4n) is 2.24. The Labute approximate surface area is 179 Å². The van der Waals surface area contributed by atoms with E-state index in [1.807, 2.05) is 0 Å². The van der Waals surface area contributed by atoms with Crippen molar-refractivity contribution in [2.24, 2.45) is 0 Å². The number of nitrogens with one attached hydrogen (secondary N) is 3. The van der Waals surface area contributed by atoms with Crippen molar-refractivity contribution in [3.63, 3.8) is 0 Å². The van der Waals surface area contributed by atoms with Crippen LogP contribution in [-0.2, 0) is 16.0 Å². The normalized spacial score (nSPS) is 11.4. The van der Waals surface area contributed by atoms with Crippen LogP contribution in [0, 0.1) is 5.82 Å². The molecule has 1 atom stereocenters. The summed E-state index contributed by atoms with van der Waals surface area (Å²) in [6, 6.07) is 9.16. The van der Waals surface area contributed by atoms with Gasteiger partial charge in [0, 0.05) is 5.38 Å². The van der Waals surface area contributed by atoms with E-state index in [1.165, 1.54) is 47.8 Å². The largest absolute Gasteiger partial charge is 0.478 e. The van der Waals surface area contributed by atoms with E-state index in [1.54, 1.807) is 29.0 Å². The molecule has 0 aliphatic carbocycles. The van der Waals surface area contributed by atoms with Crippen molar-refractivity contribution in [2.75, 3.05) is 5.32 Å². The Bertz CT molecular complexity index is 1040. The van der Waals surface area contributed by atoms with Crippen LogP contribution in [0.15, 0.2) is 47.2 Å². The Balaban J connectivity index is 1.44. The molecule has 0 saturated carbocycles. The highest BCUT2D eigenvalue weighted by atomic mass is 32.1. The van der Waals surface area contributed by atoms with Crippen LogP contribution in [0.5, 0.6) is 5.75 Å². The van der Waals surface area contributed by atoms with Gasteiger partial charge in [0.05, 0.1) is 17.0 Å². The molecule has 0 spiro atoms. The van der Waals surface area contributed by atoms with E-state index in [9.17, 15) is 18.8 Å². The Hall–Kier alpha value is -3.31. The molecule has 0 radical (unpaired) electrons. The highest BCUT2D eigenvalue weighted by Gasteiger charge is 2.18. The van der Waals surface area contributed by atoms with Crippen molar-refractivity contribution in [1.82, 2.24) is 15.8 Å². The van der Waals surface area contributed by atoms with Gasteiger partial charge in [-0.25, -0.2) is 9.37 Å². The Morgan fingerprint density at radius 3 is 2.67 bits per heavy atom. The first kappa shape index (κ1) is 21.4.